The van der Waals surface area contributed by atoms with Gasteiger partial charge in [0.05, 0.1) is 0 Å². The fourth-order valence-electron chi connectivity index (χ4n) is 2.47. The zero-order valence-corrected chi connectivity index (χ0v) is 13.2. The van der Waals surface area contributed by atoms with E-state index in [-0.39, 0.29) is 5.91 Å². The van der Waals surface area contributed by atoms with Gasteiger partial charge in [-0.1, -0.05) is 12.1 Å². The van der Waals surface area contributed by atoms with Crippen molar-refractivity contribution in [3.63, 3.8) is 0 Å². The van der Waals surface area contributed by atoms with Gasteiger partial charge in [0.15, 0.2) is 17.3 Å². The van der Waals surface area contributed by atoms with Crippen molar-refractivity contribution in [2.24, 2.45) is 0 Å². The lowest BCUT2D eigenvalue weighted by Gasteiger charge is -2.30. The molecule has 2 aromatic heterocycles. The average Bonchev–Trinajstić information content (AvgIpc) is 3.16. The predicted octanol–water partition coefficient (Wildman–Crippen LogP) is 1.22. The van der Waals surface area contributed by atoms with Gasteiger partial charge in [0, 0.05) is 6.07 Å². The van der Waals surface area contributed by atoms with E-state index < -0.39 is 12.2 Å². The molecule has 3 aromatic rings. The molecule has 1 N–H and O–H groups in total. The van der Waals surface area contributed by atoms with Gasteiger partial charge < -0.3 is 14.8 Å². The fourth-order valence-corrected chi connectivity index (χ4v) is 2.47. The summed E-state index contributed by atoms with van der Waals surface area (Å²) in [5, 5.41) is 6.71. The second-order valence-electron chi connectivity index (χ2n) is 5.40. The molecule has 25 heavy (non-hydrogen) atoms. The molecule has 0 spiro atoms. The van der Waals surface area contributed by atoms with E-state index in [9.17, 15) is 4.79 Å². The maximum atomic E-state index is 12.6. The van der Waals surface area contributed by atoms with Crippen molar-refractivity contribution in [1.82, 2.24) is 24.7 Å². The van der Waals surface area contributed by atoms with E-state index in [1.807, 2.05) is 12.1 Å². The molecule has 9 nitrogen and oxygen atoms in total. The molecule has 1 amide bonds. The number of benzene rings is 1. The molecular formula is C16H14N6O3. The first kappa shape index (κ1) is 15.1. The number of nitrogens with zero attached hydrogens (tertiary/aromatic N) is 5. The summed E-state index contributed by atoms with van der Waals surface area (Å²) in [6.07, 6.45) is 3.01. The summed E-state index contributed by atoms with van der Waals surface area (Å²) < 4.78 is 13.0. The van der Waals surface area contributed by atoms with Crippen molar-refractivity contribution in [3.05, 3.63) is 49.3 Å². The maximum absolute atomic E-state index is 12.6. The van der Waals surface area contributed by atoms with Gasteiger partial charge >= 0.3 is 0 Å². The van der Waals surface area contributed by atoms with Crippen LogP contribution >= 0.6 is 0 Å². The minimum atomic E-state index is -0.792. The van der Waals surface area contributed by atoms with Crippen LogP contribution in [0.1, 0.15) is 6.92 Å². The summed E-state index contributed by atoms with van der Waals surface area (Å²) in [6, 6.07) is 8.82. The van der Waals surface area contributed by atoms with Crippen LogP contribution in [-0.4, -0.2) is 42.8 Å². The Hall–Kier alpha value is -3.49. The van der Waals surface area contributed by atoms with Crippen molar-refractivity contribution in [3.8, 4) is 17.3 Å². The first-order valence-corrected chi connectivity index (χ1v) is 7.61. The van der Waals surface area contributed by atoms with Crippen LogP contribution in [0, 0.1) is 0 Å². The Morgan fingerprint density at radius 1 is 1.16 bits per heavy atom. The topological polar surface area (TPSA) is 104 Å². The number of para-hydroxylation sites is 2. The van der Waals surface area contributed by atoms with E-state index in [1.54, 1.807) is 25.1 Å². The molecule has 0 radical (unpaired) electrons. The Balaban J connectivity index is 1.52. The number of rotatable bonds is 3. The molecule has 0 bridgehead atoms. The summed E-state index contributed by atoms with van der Waals surface area (Å²) >= 11 is 0. The van der Waals surface area contributed by atoms with Gasteiger partial charge in [0.2, 0.25) is 6.10 Å². The van der Waals surface area contributed by atoms with Crippen LogP contribution in [0.5, 0.6) is 11.5 Å². The molecule has 1 aromatic carbocycles. The van der Waals surface area contributed by atoms with Crippen LogP contribution in [0.4, 0.5) is 5.82 Å². The predicted molar refractivity (Wildman–Crippen MR) is 86.5 cm³/mol. The highest BCUT2D eigenvalue weighted by molar-refractivity contribution is 5.94. The number of hydrogen-bond acceptors (Lipinski definition) is 7. The minimum Gasteiger partial charge on any atom is -0.482 e. The lowest BCUT2D eigenvalue weighted by Crippen LogP contribution is -2.46. The van der Waals surface area contributed by atoms with E-state index in [0.717, 1.165) is 0 Å². The number of anilines is 1. The first-order chi connectivity index (χ1) is 12.2. The normalized spacial score (nSPS) is 18.6. The minimum absolute atomic E-state index is 0.333. The number of hydrogen-bond donors (Lipinski definition) is 1. The van der Waals surface area contributed by atoms with Crippen LogP contribution in [0.15, 0.2) is 49.3 Å². The summed E-state index contributed by atoms with van der Waals surface area (Å²) in [6.45, 7) is 1.78. The van der Waals surface area contributed by atoms with Crippen LogP contribution in [0.3, 0.4) is 0 Å². The molecule has 0 aliphatic carbocycles. The largest absolute Gasteiger partial charge is 0.482 e. The summed E-state index contributed by atoms with van der Waals surface area (Å²) in [4.78, 5) is 24.6. The molecule has 1 aliphatic heterocycles. The third-order valence-corrected chi connectivity index (χ3v) is 3.66. The number of carbonyl (C=O) groups excluding carboxylic acids is 1. The maximum Gasteiger partial charge on any atom is 0.270 e. The SMILES string of the molecule is C[C@@H]1Oc2ccccc2O[C@H]1C(=O)Nc1cc(-n2cncn2)ncn1. The van der Waals surface area contributed by atoms with Gasteiger partial charge in [-0.05, 0) is 19.1 Å². The van der Waals surface area contributed by atoms with E-state index in [2.05, 4.69) is 25.4 Å². The highest BCUT2D eigenvalue weighted by Gasteiger charge is 2.34. The molecule has 1 aliphatic rings. The van der Waals surface area contributed by atoms with Gasteiger partial charge in [-0.2, -0.15) is 5.10 Å². The molecular weight excluding hydrogens is 324 g/mol. The molecule has 0 fully saturated rings. The van der Waals surface area contributed by atoms with Crippen LogP contribution in [0.25, 0.3) is 5.82 Å². The zero-order valence-electron chi connectivity index (χ0n) is 13.2. The number of ether oxygens (including phenoxy) is 2. The van der Waals surface area contributed by atoms with E-state index in [0.29, 0.717) is 23.1 Å². The lowest BCUT2D eigenvalue weighted by molar-refractivity contribution is -0.128. The van der Waals surface area contributed by atoms with Crippen molar-refractivity contribution in [2.45, 2.75) is 19.1 Å². The van der Waals surface area contributed by atoms with Crippen molar-refractivity contribution in [1.29, 1.82) is 0 Å². The summed E-state index contributed by atoms with van der Waals surface area (Å²) in [7, 11) is 0. The Bertz CT molecular complexity index is 898. The third kappa shape index (κ3) is 2.99. The van der Waals surface area contributed by atoms with Crippen molar-refractivity contribution >= 4 is 11.7 Å². The van der Waals surface area contributed by atoms with E-state index in [4.69, 9.17) is 9.47 Å². The average molecular weight is 338 g/mol. The van der Waals surface area contributed by atoms with Crippen LogP contribution < -0.4 is 14.8 Å². The quantitative estimate of drug-likeness (QED) is 0.766. The van der Waals surface area contributed by atoms with Gasteiger partial charge in [0.25, 0.3) is 5.91 Å². The molecule has 9 heteroatoms. The Morgan fingerprint density at radius 2 is 1.96 bits per heavy atom. The Labute approximate surface area is 142 Å². The van der Waals surface area contributed by atoms with E-state index in [1.165, 1.54) is 23.7 Å². The van der Waals surface area contributed by atoms with Crippen molar-refractivity contribution in [2.75, 3.05) is 5.32 Å². The lowest BCUT2D eigenvalue weighted by atomic mass is 10.1. The Kier molecular flexibility index (Phi) is 3.73. The third-order valence-electron chi connectivity index (χ3n) is 3.66. The molecule has 4 rings (SSSR count). The van der Waals surface area contributed by atoms with Gasteiger partial charge in [-0.15, -0.1) is 0 Å². The molecule has 0 unspecified atom stereocenters. The molecule has 126 valence electrons. The smallest absolute Gasteiger partial charge is 0.270 e. The first-order valence-electron chi connectivity index (χ1n) is 7.61. The zero-order chi connectivity index (χ0) is 17.2. The molecule has 3 heterocycles. The highest BCUT2D eigenvalue weighted by Crippen LogP contribution is 2.33. The van der Waals surface area contributed by atoms with Crippen LogP contribution in [0.2, 0.25) is 0 Å². The number of amides is 1. The van der Waals surface area contributed by atoms with Gasteiger partial charge in [0.1, 0.15) is 30.9 Å². The summed E-state index contributed by atoms with van der Waals surface area (Å²) in [5.74, 6) is 1.62. The molecule has 2 atom stereocenters. The number of nitrogens with one attached hydrogen (secondary N) is 1. The van der Waals surface area contributed by atoms with Crippen LogP contribution in [-0.2, 0) is 4.79 Å². The second kappa shape index (κ2) is 6.19. The number of fused-ring (bicyclic) bond motifs is 1. The van der Waals surface area contributed by atoms with E-state index >= 15 is 0 Å². The standard InChI is InChI=1S/C16H14N6O3/c1-10-15(25-12-5-3-2-4-11(12)24-10)16(23)21-13-6-14(19-8-18-13)22-9-17-7-20-22/h2-10,15H,1H3,(H,18,19,21,23)/t10-,15+/m0/s1. The Morgan fingerprint density at radius 3 is 2.72 bits per heavy atom. The highest BCUT2D eigenvalue weighted by atomic mass is 16.6. The monoisotopic (exact) mass is 338 g/mol. The van der Waals surface area contributed by atoms with Gasteiger partial charge in [-0.25, -0.2) is 19.6 Å². The summed E-state index contributed by atoms with van der Waals surface area (Å²) in [5.41, 5.74) is 0. The van der Waals surface area contributed by atoms with Crippen molar-refractivity contribution < 1.29 is 14.3 Å². The number of aromatic nitrogens is 5. The molecule has 0 saturated heterocycles. The van der Waals surface area contributed by atoms with Gasteiger partial charge in [-0.3, -0.25) is 4.79 Å². The molecule has 0 saturated carbocycles. The second-order valence-corrected chi connectivity index (χ2v) is 5.40. The fraction of sp³-hybridized carbons (Fsp3) is 0.188. The number of carbonyl (C=O) groups is 1.